The summed E-state index contributed by atoms with van der Waals surface area (Å²) in [7, 11) is 0. The second-order valence-corrected chi connectivity index (χ2v) is 7.85. The Morgan fingerprint density at radius 2 is 0.500 bits per heavy atom. The molecule has 12 heteroatoms. The molecule has 4 aromatic rings. The predicted octanol–water partition coefficient (Wildman–Crippen LogP) is 4.30. The van der Waals surface area contributed by atoms with E-state index < -0.39 is 42.5 Å². The summed E-state index contributed by atoms with van der Waals surface area (Å²) in [5, 5.41) is 33.5. The van der Waals surface area contributed by atoms with Gasteiger partial charge in [0.15, 0.2) is 0 Å². The summed E-state index contributed by atoms with van der Waals surface area (Å²) in [5.41, 5.74) is 1.32. The Bertz CT molecular complexity index is 1110. The topological polar surface area (TPSA) is 207 Å². The normalized spacial score (nSPS) is 8.65. The number of carboxylic acid groups (broad SMARTS) is 4. The van der Waals surface area contributed by atoms with E-state index in [1.807, 2.05) is 0 Å². The molecule has 4 rings (SSSR count). The van der Waals surface area contributed by atoms with E-state index in [4.69, 9.17) is 31.1 Å². The van der Waals surface area contributed by atoms with Gasteiger partial charge in [0.25, 0.3) is 0 Å². The van der Waals surface area contributed by atoms with Crippen LogP contribution in [0.2, 0.25) is 0 Å². The molecule has 11 nitrogen and oxygen atoms in total. The van der Waals surface area contributed by atoms with Crippen molar-refractivity contribution in [2.24, 2.45) is 0 Å². The molecule has 0 amide bonds. The molecular formula is C28H26O11Ti. The molecule has 0 aliphatic rings. The Balaban J connectivity index is 0.000000485. The van der Waals surface area contributed by atoms with Crippen LogP contribution >= 0.6 is 0 Å². The molecule has 0 aliphatic carbocycles. The van der Waals surface area contributed by atoms with Gasteiger partial charge >= 0.3 is 53.2 Å². The zero-order valence-electron chi connectivity index (χ0n) is 20.8. The van der Waals surface area contributed by atoms with Crippen molar-refractivity contribution in [1.29, 1.82) is 0 Å². The van der Waals surface area contributed by atoms with Gasteiger partial charge in [-0.25, -0.2) is 19.2 Å². The van der Waals surface area contributed by atoms with Gasteiger partial charge in [-0.1, -0.05) is 72.8 Å². The van der Waals surface area contributed by atoms with Crippen LogP contribution in [0.1, 0.15) is 41.4 Å². The van der Waals surface area contributed by atoms with E-state index >= 15 is 0 Å². The fourth-order valence-corrected chi connectivity index (χ4v) is 2.32. The molecule has 0 saturated carbocycles. The Labute approximate surface area is 236 Å². The molecule has 4 aromatic carbocycles. The van der Waals surface area contributed by atoms with Gasteiger partial charge < -0.3 is 20.4 Å². The average Bonchev–Trinajstić information content (AvgIpc) is 2.95. The monoisotopic (exact) mass is 586 g/mol. The number of carboxylic acids is 4. The van der Waals surface area contributed by atoms with Crippen LogP contribution in [-0.4, -0.2) is 51.7 Å². The molecule has 6 N–H and O–H groups in total. The molecule has 0 unspecified atom stereocenters. The van der Waals surface area contributed by atoms with Gasteiger partial charge in [0.2, 0.25) is 0 Å². The number of carbonyl (C=O) groups is 4. The summed E-state index contributed by atoms with van der Waals surface area (Å²) >= 11 is -3.58. The summed E-state index contributed by atoms with van der Waals surface area (Å²) in [4.78, 5) is 40.8. The molecule has 0 saturated heterocycles. The standard InChI is InChI=1S/4C7H6O2.2H2O.O.Ti/c4*8-7(9)6-4-2-1-3-5-6;;;;/h4*1-5H,(H,8,9);2*1H2;;/q;;;;;;;+2/p-2. The van der Waals surface area contributed by atoms with Crippen LogP contribution in [0.5, 0.6) is 0 Å². The maximum absolute atomic E-state index is 10.2. The van der Waals surface area contributed by atoms with E-state index in [1.54, 1.807) is 121 Å². The van der Waals surface area contributed by atoms with Crippen LogP contribution in [0.4, 0.5) is 0 Å². The predicted molar refractivity (Wildman–Crippen MR) is 139 cm³/mol. The molecular weight excluding hydrogens is 560 g/mol. The minimum atomic E-state index is -3.58. The first-order chi connectivity index (χ1) is 19.0. The van der Waals surface area contributed by atoms with Crippen molar-refractivity contribution in [2.45, 2.75) is 0 Å². The van der Waals surface area contributed by atoms with E-state index in [2.05, 4.69) is 0 Å². The van der Waals surface area contributed by atoms with E-state index in [-0.39, 0.29) is 0 Å². The van der Waals surface area contributed by atoms with Gasteiger partial charge in [-0.2, -0.15) is 0 Å². The Morgan fingerprint density at radius 1 is 0.375 bits per heavy atom. The first kappa shape index (κ1) is 35.2. The Morgan fingerprint density at radius 3 is 0.575 bits per heavy atom. The van der Waals surface area contributed by atoms with E-state index in [1.165, 1.54) is 0 Å². The fourth-order valence-electron chi connectivity index (χ4n) is 2.32. The zero-order chi connectivity index (χ0) is 30.3. The van der Waals surface area contributed by atoms with E-state index in [0.29, 0.717) is 22.3 Å². The number of benzene rings is 4. The Kier molecular flexibility index (Phi) is 18.6. The van der Waals surface area contributed by atoms with Crippen molar-refractivity contribution in [3.05, 3.63) is 144 Å². The summed E-state index contributed by atoms with van der Waals surface area (Å²) in [5.74, 6) is -3.52. The third-order valence-electron chi connectivity index (χ3n) is 4.08. The third kappa shape index (κ3) is 18.4. The SMILES string of the molecule is O=C(O)c1ccccc1.O=C(O)c1ccccc1.O=C(O)c1ccccc1.O=C(O)c1ccccc1.[O]=[Ti]([OH])[OH]. The quantitative estimate of drug-likeness (QED) is 0.186. The van der Waals surface area contributed by atoms with Crippen LogP contribution < -0.4 is 0 Å². The minimum absolute atomic E-state index is 0.331. The van der Waals surface area contributed by atoms with Crippen LogP contribution in [0.15, 0.2) is 121 Å². The molecule has 0 atom stereocenters. The summed E-state index contributed by atoms with van der Waals surface area (Å²) in [6, 6.07) is 33.2. The van der Waals surface area contributed by atoms with E-state index in [9.17, 15) is 19.2 Å². The molecule has 40 heavy (non-hydrogen) atoms. The van der Waals surface area contributed by atoms with Crippen molar-refractivity contribution in [2.75, 3.05) is 0 Å². The van der Waals surface area contributed by atoms with Crippen LogP contribution in [0.25, 0.3) is 0 Å². The molecule has 0 spiro atoms. The number of aromatic carboxylic acids is 4. The first-order valence-electron chi connectivity index (χ1n) is 11.0. The maximum atomic E-state index is 10.2. The number of rotatable bonds is 4. The average molecular weight is 586 g/mol. The fraction of sp³-hybridized carbons (Fsp3) is 0. The van der Waals surface area contributed by atoms with Gasteiger partial charge in [-0.05, 0) is 48.5 Å². The van der Waals surface area contributed by atoms with Gasteiger partial charge in [0.05, 0.1) is 22.3 Å². The Hall–Kier alpha value is -4.81. The molecule has 0 aromatic heterocycles. The van der Waals surface area contributed by atoms with E-state index in [0.717, 1.165) is 0 Å². The second kappa shape index (κ2) is 21.2. The third-order valence-corrected chi connectivity index (χ3v) is 4.08. The molecule has 0 bridgehead atoms. The van der Waals surface area contributed by atoms with Gasteiger partial charge in [0.1, 0.15) is 0 Å². The van der Waals surface area contributed by atoms with Crippen LogP contribution in [0, 0.1) is 0 Å². The number of hydrogen-bond donors (Lipinski definition) is 6. The second-order valence-electron chi connectivity index (χ2n) is 6.97. The molecule has 0 aliphatic heterocycles. The van der Waals surface area contributed by atoms with Gasteiger partial charge in [-0.3, -0.25) is 0 Å². The van der Waals surface area contributed by atoms with Gasteiger partial charge in [0, 0.05) is 0 Å². The zero-order valence-corrected chi connectivity index (χ0v) is 22.3. The van der Waals surface area contributed by atoms with Gasteiger partial charge in [-0.15, -0.1) is 0 Å². The van der Waals surface area contributed by atoms with Crippen LogP contribution in [-0.2, 0) is 21.9 Å². The molecule has 208 valence electrons. The summed E-state index contributed by atoms with van der Waals surface area (Å²) < 4.78 is 23.2. The van der Waals surface area contributed by atoms with Crippen LogP contribution in [0.3, 0.4) is 0 Å². The van der Waals surface area contributed by atoms with Crippen molar-refractivity contribution in [1.82, 2.24) is 0 Å². The van der Waals surface area contributed by atoms with Crippen molar-refractivity contribution in [3.8, 4) is 0 Å². The first-order valence-corrected chi connectivity index (χ1v) is 13.0. The van der Waals surface area contributed by atoms with Crippen molar-refractivity contribution >= 4 is 23.9 Å². The summed E-state index contributed by atoms with van der Waals surface area (Å²) in [6.45, 7) is 0. The molecule has 0 heterocycles. The van der Waals surface area contributed by atoms with Crippen molar-refractivity contribution < 1.29 is 68.9 Å². The molecule has 0 radical (unpaired) electrons. The summed E-state index contributed by atoms with van der Waals surface area (Å²) in [6.07, 6.45) is 0. The number of hydrogen-bond acceptors (Lipinski definition) is 5. The molecule has 0 fully saturated rings. The van der Waals surface area contributed by atoms with Crippen molar-refractivity contribution in [3.63, 3.8) is 0 Å².